The quantitative estimate of drug-likeness (QED) is 0.874. The number of halogens is 1. The number of nitrogen functional groups attached to an aromatic ring is 1. The number of aryl methyl sites for hydroxylation is 2. The van der Waals surface area contributed by atoms with Crippen LogP contribution < -0.4 is 5.73 Å². The van der Waals surface area contributed by atoms with Crippen LogP contribution in [0.2, 0.25) is 5.02 Å². The van der Waals surface area contributed by atoms with Crippen LogP contribution in [0.3, 0.4) is 0 Å². The first-order valence-electron chi connectivity index (χ1n) is 5.97. The molecule has 1 atom stereocenters. The molecule has 0 heterocycles. The smallest absolute Gasteiger partial charge is 0.0577 e. The maximum absolute atomic E-state index is 12.4. The molecule has 0 saturated carbocycles. The second-order valence-corrected chi connectivity index (χ2v) is 6.46. The van der Waals surface area contributed by atoms with E-state index in [-0.39, 0.29) is 0 Å². The topological polar surface area (TPSA) is 43.1 Å². The lowest BCUT2D eigenvalue weighted by Gasteiger charge is -2.09. The molecule has 0 bridgehead atoms. The minimum absolute atomic E-state index is 0.410. The van der Waals surface area contributed by atoms with Crippen LogP contribution in [-0.4, -0.2) is 4.21 Å². The van der Waals surface area contributed by atoms with Crippen LogP contribution >= 0.6 is 11.6 Å². The summed E-state index contributed by atoms with van der Waals surface area (Å²) in [6.07, 6.45) is 0. The van der Waals surface area contributed by atoms with Gasteiger partial charge in [0.1, 0.15) is 0 Å². The van der Waals surface area contributed by atoms with Crippen molar-refractivity contribution in [2.75, 3.05) is 5.73 Å². The maximum atomic E-state index is 12.4. The fourth-order valence-electron chi connectivity index (χ4n) is 1.97. The third-order valence-corrected chi connectivity index (χ3v) is 4.73. The highest BCUT2D eigenvalue weighted by Crippen LogP contribution is 2.23. The molecule has 2 N–H and O–H groups in total. The summed E-state index contributed by atoms with van der Waals surface area (Å²) < 4.78 is 12.4. The average Bonchev–Trinajstić information content (AvgIpc) is 2.32. The summed E-state index contributed by atoms with van der Waals surface area (Å²) in [4.78, 5) is 0.861. The van der Waals surface area contributed by atoms with Crippen molar-refractivity contribution >= 4 is 28.1 Å². The molecule has 0 aliphatic rings. The van der Waals surface area contributed by atoms with Crippen molar-refractivity contribution in [3.05, 3.63) is 58.1 Å². The molecular formula is C15H16ClNOS. The highest BCUT2D eigenvalue weighted by molar-refractivity contribution is 7.84. The number of benzene rings is 2. The molecule has 0 fully saturated rings. The van der Waals surface area contributed by atoms with E-state index in [1.807, 2.05) is 38.1 Å². The minimum Gasteiger partial charge on any atom is -0.398 e. The van der Waals surface area contributed by atoms with E-state index in [9.17, 15) is 4.21 Å². The van der Waals surface area contributed by atoms with Crippen molar-refractivity contribution in [3.63, 3.8) is 0 Å². The fourth-order valence-corrected chi connectivity index (χ4v) is 3.49. The van der Waals surface area contributed by atoms with Gasteiger partial charge in [-0.15, -0.1) is 0 Å². The molecule has 2 aromatic carbocycles. The van der Waals surface area contributed by atoms with Crippen LogP contribution in [0.5, 0.6) is 0 Å². The van der Waals surface area contributed by atoms with E-state index in [1.165, 1.54) is 5.56 Å². The minimum atomic E-state index is -1.09. The van der Waals surface area contributed by atoms with Crippen LogP contribution in [0.1, 0.15) is 16.7 Å². The second kappa shape index (κ2) is 5.76. The summed E-state index contributed by atoms with van der Waals surface area (Å²) in [7, 11) is -1.09. The van der Waals surface area contributed by atoms with Gasteiger partial charge in [-0.3, -0.25) is 4.21 Å². The van der Waals surface area contributed by atoms with Gasteiger partial charge in [-0.2, -0.15) is 0 Å². The predicted molar refractivity (Wildman–Crippen MR) is 81.9 cm³/mol. The van der Waals surface area contributed by atoms with Crippen LogP contribution in [0.15, 0.2) is 41.3 Å². The van der Waals surface area contributed by atoms with Crippen LogP contribution in [0, 0.1) is 13.8 Å². The normalized spacial score (nSPS) is 12.4. The zero-order valence-electron chi connectivity index (χ0n) is 10.9. The largest absolute Gasteiger partial charge is 0.398 e. The summed E-state index contributed by atoms with van der Waals surface area (Å²) in [5, 5.41) is 0.596. The molecule has 2 rings (SSSR count). The van der Waals surface area contributed by atoms with Crippen LogP contribution in [0.25, 0.3) is 0 Å². The molecule has 0 aromatic heterocycles. The van der Waals surface area contributed by atoms with E-state index in [4.69, 9.17) is 17.3 Å². The van der Waals surface area contributed by atoms with E-state index in [0.29, 0.717) is 16.5 Å². The molecule has 0 spiro atoms. The highest BCUT2D eigenvalue weighted by atomic mass is 35.5. The molecule has 0 aliphatic heterocycles. The Kier molecular flexibility index (Phi) is 4.27. The molecule has 19 heavy (non-hydrogen) atoms. The van der Waals surface area contributed by atoms with Crippen molar-refractivity contribution in [2.45, 2.75) is 24.5 Å². The summed E-state index contributed by atoms with van der Waals surface area (Å²) in [6.45, 7) is 4.00. The van der Waals surface area contributed by atoms with E-state index in [2.05, 4.69) is 0 Å². The molecule has 4 heteroatoms. The average molecular weight is 294 g/mol. The lowest BCUT2D eigenvalue weighted by molar-refractivity contribution is 0.682. The van der Waals surface area contributed by atoms with Gasteiger partial charge in [-0.25, -0.2) is 0 Å². The number of anilines is 1. The number of rotatable bonds is 3. The van der Waals surface area contributed by atoms with Crippen molar-refractivity contribution < 1.29 is 4.21 Å². The van der Waals surface area contributed by atoms with Gasteiger partial charge >= 0.3 is 0 Å². The first-order valence-corrected chi connectivity index (χ1v) is 7.66. The Morgan fingerprint density at radius 3 is 2.53 bits per heavy atom. The first-order chi connectivity index (χ1) is 8.97. The third kappa shape index (κ3) is 3.37. The Morgan fingerprint density at radius 1 is 1.16 bits per heavy atom. The van der Waals surface area contributed by atoms with Gasteiger partial charge in [0.15, 0.2) is 0 Å². The monoisotopic (exact) mass is 293 g/mol. The van der Waals surface area contributed by atoms with E-state index in [0.717, 1.165) is 16.0 Å². The standard InChI is InChI=1S/C15H16ClNOS/c1-10-3-6-15(11(2)7-10)19(18)9-12-4-5-13(16)8-14(12)17/h3-8H,9,17H2,1-2H3. The Hall–Kier alpha value is -1.32. The van der Waals surface area contributed by atoms with E-state index >= 15 is 0 Å². The van der Waals surface area contributed by atoms with E-state index in [1.54, 1.807) is 12.1 Å². The summed E-state index contributed by atoms with van der Waals surface area (Å²) in [5.41, 5.74) is 9.56. The van der Waals surface area contributed by atoms with E-state index < -0.39 is 10.8 Å². The summed E-state index contributed by atoms with van der Waals surface area (Å²) in [6, 6.07) is 11.2. The lowest BCUT2D eigenvalue weighted by Crippen LogP contribution is -2.02. The highest BCUT2D eigenvalue weighted by Gasteiger charge is 2.10. The Morgan fingerprint density at radius 2 is 1.89 bits per heavy atom. The molecule has 1 unspecified atom stereocenters. The molecule has 0 saturated heterocycles. The zero-order valence-corrected chi connectivity index (χ0v) is 12.5. The SMILES string of the molecule is Cc1ccc(S(=O)Cc2ccc(Cl)cc2N)c(C)c1. The van der Waals surface area contributed by atoms with Crippen molar-refractivity contribution in [1.29, 1.82) is 0 Å². The Balaban J connectivity index is 2.25. The first kappa shape index (κ1) is 14.1. The number of hydrogen-bond acceptors (Lipinski definition) is 2. The van der Waals surface area contributed by atoms with Crippen molar-refractivity contribution in [2.24, 2.45) is 0 Å². The predicted octanol–water partition coefficient (Wildman–Crippen LogP) is 3.85. The lowest BCUT2D eigenvalue weighted by atomic mass is 10.2. The van der Waals surface area contributed by atoms with Gasteiger partial charge in [0, 0.05) is 15.6 Å². The second-order valence-electron chi connectivity index (χ2n) is 4.60. The van der Waals surface area contributed by atoms with Gasteiger partial charge in [0.25, 0.3) is 0 Å². The van der Waals surface area contributed by atoms with Crippen LogP contribution in [0.4, 0.5) is 5.69 Å². The molecular weight excluding hydrogens is 278 g/mol. The molecule has 0 radical (unpaired) electrons. The summed E-state index contributed by atoms with van der Waals surface area (Å²) in [5.74, 6) is 0.410. The van der Waals surface area contributed by atoms with Gasteiger partial charge in [0.2, 0.25) is 0 Å². The molecule has 0 aliphatic carbocycles. The van der Waals surface area contributed by atoms with Gasteiger partial charge < -0.3 is 5.73 Å². The van der Waals surface area contributed by atoms with Gasteiger partial charge in [0.05, 0.1) is 16.6 Å². The zero-order chi connectivity index (χ0) is 14.0. The Labute approximate surface area is 121 Å². The van der Waals surface area contributed by atoms with Crippen molar-refractivity contribution in [3.8, 4) is 0 Å². The molecule has 2 aromatic rings. The van der Waals surface area contributed by atoms with Crippen LogP contribution in [-0.2, 0) is 16.6 Å². The third-order valence-electron chi connectivity index (χ3n) is 2.97. The maximum Gasteiger partial charge on any atom is 0.0577 e. The molecule has 0 amide bonds. The van der Waals surface area contributed by atoms with Gasteiger partial charge in [-0.1, -0.05) is 35.4 Å². The number of hydrogen-bond donors (Lipinski definition) is 1. The fraction of sp³-hybridized carbons (Fsp3) is 0.200. The number of nitrogens with two attached hydrogens (primary N) is 1. The van der Waals surface area contributed by atoms with Gasteiger partial charge in [-0.05, 0) is 43.2 Å². The Bertz CT molecular complexity index is 640. The molecule has 2 nitrogen and oxygen atoms in total. The summed E-state index contributed by atoms with van der Waals surface area (Å²) >= 11 is 5.86. The van der Waals surface area contributed by atoms with Crippen molar-refractivity contribution in [1.82, 2.24) is 0 Å². The molecule has 100 valence electrons.